The molecule has 0 saturated carbocycles. The number of hydrogen-bond acceptors (Lipinski definition) is 0. The summed E-state index contributed by atoms with van der Waals surface area (Å²) in [6.45, 7) is 20.5. The zero-order chi connectivity index (χ0) is 21.0. The van der Waals surface area contributed by atoms with E-state index in [4.69, 9.17) is 0 Å². The number of aromatic nitrogens is 1. The van der Waals surface area contributed by atoms with Crippen molar-refractivity contribution in [2.24, 2.45) is 0 Å². The fourth-order valence-corrected chi connectivity index (χ4v) is 6.16. The minimum Gasteiger partial charge on any atom is -0.194 e. The highest BCUT2D eigenvalue weighted by Gasteiger charge is 2.43. The van der Waals surface area contributed by atoms with Crippen LogP contribution in [0.3, 0.4) is 0 Å². The van der Waals surface area contributed by atoms with E-state index in [1.807, 2.05) is 0 Å². The lowest BCUT2D eigenvalue weighted by atomic mass is 9.62. The van der Waals surface area contributed by atoms with Gasteiger partial charge in [-0.15, -0.1) is 0 Å². The number of nitrogens with zero attached hydrogens (tertiary/aromatic N) is 1. The lowest BCUT2D eigenvalue weighted by Crippen LogP contribution is -2.40. The molecule has 0 N–H and O–H groups in total. The first-order valence-corrected chi connectivity index (χ1v) is 11.6. The van der Waals surface area contributed by atoms with Gasteiger partial charge in [0.2, 0.25) is 5.69 Å². The highest BCUT2D eigenvalue weighted by molar-refractivity contribution is 5.68. The van der Waals surface area contributed by atoms with Crippen molar-refractivity contribution in [3.8, 4) is 11.3 Å². The van der Waals surface area contributed by atoms with E-state index >= 15 is 0 Å². The van der Waals surface area contributed by atoms with Crippen LogP contribution in [0.4, 0.5) is 0 Å². The number of fused-ring (bicyclic) bond motifs is 5. The molecule has 1 heteroatoms. The Kier molecular flexibility index (Phi) is 3.69. The molecule has 1 aromatic heterocycles. The smallest absolute Gasteiger partial charge is 0.194 e. The van der Waals surface area contributed by atoms with Gasteiger partial charge in [0.05, 0.1) is 5.56 Å². The molecule has 0 saturated heterocycles. The van der Waals surface area contributed by atoms with Crippen LogP contribution in [0.25, 0.3) is 11.3 Å². The Labute approximate surface area is 177 Å². The maximum atomic E-state index is 2.57. The molecule has 0 atom stereocenters. The lowest BCUT2D eigenvalue weighted by molar-refractivity contribution is -0.672. The van der Waals surface area contributed by atoms with Crippen molar-refractivity contribution >= 4 is 0 Å². The van der Waals surface area contributed by atoms with E-state index in [-0.39, 0.29) is 21.7 Å². The highest BCUT2D eigenvalue weighted by atomic mass is 15.0. The van der Waals surface area contributed by atoms with Crippen LogP contribution in [-0.4, -0.2) is 0 Å². The van der Waals surface area contributed by atoms with E-state index in [0.29, 0.717) is 0 Å². The van der Waals surface area contributed by atoms with Gasteiger partial charge in [0.1, 0.15) is 0 Å². The molecule has 154 valence electrons. The number of benzene rings is 1. The Morgan fingerprint density at radius 1 is 0.586 bits per heavy atom. The van der Waals surface area contributed by atoms with Crippen molar-refractivity contribution < 1.29 is 4.57 Å². The Hall–Kier alpha value is -1.63. The number of rotatable bonds is 0. The van der Waals surface area contributed by atoms with Gasteiger partial charge in [0.25, 0.3) is 0 Å². The lowest BCUT2D eigenvalue weighted by Gasteiger charge is -2.42. The van der Waals surface area contributed by atoms with Gasteiger partial charge in [-0.25, -0.2) is 0 Å². The first kappa shape index (κ1) is 19.3. The average molecular weight is 389 g/mol. The maximum absolute atomic E-state index is 2.57. The molecule has 1 aromatic carbocycles. The molecule has 1 nitrogen and oxygen atoms in total. The summed E-state index contributed by atoms with van der Waals surface area (Å²) in [6, 6.07) is 7.68. The molecule has 2 aromatic rings. The van der Waals surface area contributed by atoms with Gasteiger partial charge < -0.3 is 0 Å². The van der Waals surface area contributed by atoms with Gasteiger partial charge in [0, 0.05) is 17.2 Å². The van der Waals surface area contributed by atoms with E-state index < -0.39 is 0 Å². The Morgan fingerprint density at radius 3 is 1.59 bits per heavy atom. The zero-order valence-electron chi connectivity index (χ0n) is 19.8. The maximum Gasteiger partial charge on any atom is 0.213 e. The van der Waals surface area contributed by atoms with Gasteiger partial charge in [-0.2, -0.15) is 4.57 Å². The van der Waals surface area contributed by atoms with E-state index in [0.717, 1.165) is 6.54 Å². The van der Waals surface area contributed by atoms with Gasteiger partial charge >= 0.3 is 0 Å². The molecule has 0 spiro atoms. The zero-order valence-corrected chi connectivity index (χ0v) is 19.8. The average Bonchev–Trinajstić information content (AvgIpc) is 2.98. The van der Waals surface area contributed by atoms with E-state index in [1.54, 1.807) is 22.3 Å². The van der Waals surface area contributed by atoms with Gasteiger partial charge in [0.15, 0.2) is 12.7 Å². The minimum absolute atomic E-state index is 0.263. The Bertz CT molecular complexity index is 949. The van der Waals surface area contributed by atoms with Crippen molar-refractivity contribution in [3.05, 3.63) is 52.2 Å². The fraction of sp³-hybridized carbons (Fsp3) is 0.607. The van der Waals surface area contributed by atoms with Crippen LogP contribution in [0.15, 0.2) is 24.4 Å². The summed E-state index contributed by atoms with van der Waals surface area (Å²) in [5.74, 6) is 0. The molecule has 0 unspecified atom stereocenters. The predicted octanol–water partition coefficient (Wildman–Crippen LogP) is 6.70. The SMILES string of the molecule is CC1(C)CCC(C)(C)c2cc3c(cc21)C[n+]1cc2c(cc1-3)C(C)(C)CCC2(C)C. The Balaban J connectivity index is 1.74. The van der Waals surface area contributed by atoms with Crippen LogP contribution < -0.4 is 4.57 Å². The normalized spacial score (nSPS) is 24.3. The van der Waals surface area contributed by atoms with Crippen LogP contribution in [0.5, 0.6) is 0 Å². The quantitative estimate of drug-likeness (QED) is 0.377. The standard InChI is InChI=1S/C28H38N/c1-25(2)9-10-26(3,4)21-14-19-18(13-20(21)25)16-29-17-23-22(15-24(19)29)27(5,6)11-12-28(23,7)8/h13-15,17H,9-12,16H2,1-8H3/q+1. The van der Waals surface area contributed by atoms with E-state index in [9.17, 15) is 0 Å². The molecule has 3 aliphatic rings. The molecule has 2 heterocycles. The third-order valence-corrected chi connectivity index (χ3v) is 8.69. The van der Waals surface area contributed by atoms with Crippen LogP contribution in [0, 0.1) is 0 Å². The van der Waals surface area contributed by atoms with Crippen molar-refractivity contribution in [2.45, 2.75) is 109 Å². The van der Waals surface area contributed by atoms with Crippen molar-refractivity contribution in [3.63, 3.8) is 0 Å². The van der Waals surface area contributed by atoms with Crippen molar-refractivity contribution in [1.29, 1.82) is 0 Å². The summed E-state index contributed by atoms with van der Waals surface area (Å²) in [5.41, 5.74) is 11.8. The second kappa shape index (κ2) is 5.54. The highest BCUT2D eigenvalue weighted by Crippen LogP contribution is 2.50. The monoisotopic (exact) mass is 388 g/mol. The summed E-state index contributed by atoms with van der Waals surface area (Å²) < 4.78 is 2.54. The van der Waals surface area contributed by atoms with Gasteiger partial charge in [-0.05, 0) is 76.2 Å². The van der Waals surface area contributed by atoms with Crippen LogP contribution >= 0.6 is 0 Å². The second-order valence-corrected chi connectivity index (χ2v) is 12.7. The molecular formula is C28H38N+. The largest absolute Gasteiger partial charge is 0.213 e. The second-order valence-electron chi connectivity index (χ2n) is 12.7. The molecule has 29 heavy (non-hydrogen) atoms. The summed E-state index contributed by atoms with van der Waals surface area (Å²) in [5, 5.41) is 0. The molecule has 0 radical (unpaired) electrons. The van der Waals surface area contributed by atoms with E-state index in [1.165, 1.54) is 42.5 Å². The van der Waals surface area contributed by atoms with Crippen molar-refractivity contribution in [2.75, 3.05) is 0 Å². The summed E-state index contributed by atoms with van der Waals surface area (Å²) in [7, 11) is 0. The summed E-state index contributed by atoms with van der Waals surface area (Å²) >= 11 is 0. The van der Waals surface area contributed by atoms with Crippen LogP contribution in [0.2, 0.25) is 0 Å². The third kappa shape index (κ3) is 2.69. The summed E-state index contributed by atoms with van der Waals surface area (Å²) in [6.07, 6.45) is 7.60. The van der Waals surface area contributed by atoms with Crippen LogP contribution in [-0.2, 0) is 28.2 Å². The van der Waals surface area contributed by atoms with E-state index in [2.05, 4.69) is 84.4 Å². The minimum atomic E-state index is 0.263. The predicted molar refractivity (Wildman–Crippen MR) is 122 cm³/mol. The molecule has 0 fully saturated rings. The molecular weight excluding hydrogens is 350 g/mol. The van der Waals surface area contributed by atoms with Crippen LogP contribution in [0.1, 0.15) is 109 Å². The fourth-order valence-electron chi connectivity index (χ4n) is 6.16. The number of pyridine rings is 1. The first-order chi connectivity index (χ1) is 13.3. The first-order valence-electron chi connectivity index (χ1n) is 11.6. The van der Waals surface area contributed by atoms with Gasteiger partial charge in [-0.3, -0.25) is 0 Å². The third-order valence-electron chi connectivity index (χ3n) is 8.69. The molecule has 5 rings (SSSR count). The number of hydrogen-bond donors (Lipinski definition) is 0. The molecule has 2 aliphatic carbocycles. The van der Waals surface area contributed by atoms with Crippen molar-refractivity contribution in [1.82, 2.24) is 0 Å². The Morgan fingerprint density at radius 2 is 1.03 bits per heavy atom. The molecule has 0 amide bonds. The van der Waals surface area contributed by atoms with Gasteiger partial charge in [-0.1, -0.05) is 55.4 Å². The molecule has 1 aliphatic heterocycles. The summed E-state index contributed by atoms with van der Waals surface area (Å²) in [4.78, 5) is 0. The molecule has 0 bridgehead atoms. The topological polar surface area (TPSA) is 3.88 Å².